The van der Waals surface area contributed by atoms with Gasteiger partial charge in [0.05, 0.1) is 22.8 Å². The van der Waals surface area contributed by atoms with Gasteiger partial charge in [0.15, 0.2) is 0 Å². The van der Waals surface area contributed by atoms with Crippen LogP contribution in [0.1, 0.15) is 6.92 Å². The highest BCUT2D eigenvalue weighted by molar-refractivity contribution is 7.86. The summed E-state index contributed by atoms with van der Waals surface area (Å²) in [5, 5.41) is 12.1. The van der Waals surface area contributed by atoms with E-state index in [1.165, 1.54) is 18.2 Å². The number of azo groups is 1. The van der Waals surface area contributed by atoms with Gasteiger partial charge in [-0.25, -0.2) is 0 Å². The Hall–Kier alpha value is -3.43. The molecule has 29 heavy (non-hydrogen) atoms. The van der Waals surface area contributed by atoms with Crippen molar-refractivity contribution >= 4 is 38.6 Å². The number of nitrogens with zero attached hydrogens (tertiary/aromatic N) is 4. The molecule has 0 atom stereocenters. The van der Waals surface area contributed by atoms with E-state index in [9.17, 15) is 13.0 Å². The first kappa shape index (κ1) is 21.9. The second-order valence-electron chi connectivity index (χ2n) is 5.74. The number of hydrogen-bond acceptors (Lipinski definition) is 7. The molecule has 0 aliphatic rings. The molecule has 0 saturated heterocycles. The zero-order valence-electron chi connectivity index (χ0n) is 16.0. The summed E-state index contributed by atoms with van der Waals surface area (Å²) in [5.41, 5.74) is 4.81. The number of benzene rings is 2. The summed E-state index contributed by atoms with van der Waals surface area (Å²) in [6.07, 6.45) is 4.89. The van der Waals surface area contributed by atoms with E-state index in [1.54, 1.807) is 37.4 Å². The van der Waals surface area contributed by atoms with E-state index in [0.29, 0.717) is 11.4 Å². The Balaban J connectivity index is 2.32. The van der Waals surface area contributed by atoms with E-state index in [4.69, 9.17) is 0 Å². The Morgan fingerprint density at radius 1 is 1.07 bits per heavy atom. The largest absolute Gasteiger partial charge is 0.296 e. The molecule has 2 rings (SSSR count). The molecule has 0 fully saturated rings. The van der Waals surface area contributed by atoms with Crippen LogP contribution in [0.4, 0.5) is 17.1 Å². The lowest BCUT2D eigenvalue weighted by Crippen LogP contribution is -2.04. The molecule has 0 spiro atoms. The van der Waals surface area contributed by atoms with Crippen molar-refractivity contribution in [3.63, 3.8) is 0 Å². The van der Waals surface area contributed by atoms with Crippen molar-refractivity contribution in [2.45, 2.75) is 11.8 Å². The Kier molecular flexibility index (Phi) is 7.70. The third-order valence-electron chi connectivity index (χ3n) is 3.64. The molecule has 2 aromatic rings. The van der Waals surface area contributed by atoms with Crippen LogP contribution in [0.3, 0.4) is 0 Å². The summed E-state index contributed by atoms with van der Waals surface area (Å²) in [7, 11) is -2.86. The minimum atomic E-state index is -4.52. The molecule has 0 aliphatic carbocycles. The van der Waals surface area contributed by atoms with Crippen LogP contribution in [-0.2, 0) is 10.1 Å². The highest BCUT2D eigenvalue weighted by atomic mass is 32.2. The highest BCUT2D eigenvalue weighted by Gasteiger charge is 2.16. The standard InChI is InChI=1S/C20H21N5O3S/c1-4-16(11-10-15(2)21-3)22-25-19-13-12-18(14-20(19)29(26,27)28)24-23-17-8-6-5-7-9-17/h4-14,25H,1H2,2-3H3,(H,26,27,28). The molecule has 2 aromatic carbocycles. The number of hydrogen-bond donors (Lipinski definition) is 2. The van der Waals surface area contributed by atoms with E-state index in [1.807, 2.05) is 25.1 Å². The molecular formula is C20H21N5O3S. The molecular weight excluding hydrogens is 390 g/mol. The minimum absolute atomic E-state index is 0.0831. The van der Waals surface area contributed by atoms with Gasteiger partial charge in [-0.3, -0.25) is 15.0 Å². The van der Waals surface area contributed by atoms with Crippen LogP contribution in [-0.4, -0.2) is 31.4 Å². The van der Waals surface area contributed by atoms with Gasteiger partial charge < -0.3 is 0 Å². The fourth-order valence-electron chi connectivity index (χ4n) is 2.05. The molecule has 0 aliphatic heterocycles. The lowest BCUT2D eigenvalue weighted by molar-refractivity contribution is 0.483. The van der Waals surface area contributed by atoms with E-state index < -0.39 is 10.1 Å². The van der Waals surface area contributed by atoms with E-state index in [2.05, 4.69) is 32.3 Å². The average Bonchev–Trinajstić information content (AvgIpc) is 2.72. The lowest BCUT2D eigenvalue weighted by atomic mass is 10.3. The monoisotopic (exact) mass is 411 g/mol. The van der Waals surface area contributed by atoms with Gasteiger partial charge in [0.1, 0.15) is 4.90 Å². The van der Waals surface area contributed by atoms with Crippen molar-refractivity contribution in [3.8, 4) is 0 Å². The van der Waals surface area contributed by atoms with Gasteiger partial charge in [0, 0.05) is 12.8 Å². The van der Waals surface area contributed by atoms with Crippen molar-refractivity contribution in [2.24, 2.45) is 20.3 Å². The first-order chi connectivity index (χ1) is 13.8. The van der Waals surface area contributed by atoms with Crippen LogP contribution in [0, 0.1) is 0 Å². The van der Waals surface area contributed by atoms with Crippen molar-refractivity contribution in [1.82, 2.24) is 0 Å². The molecule has 0 heterocycles. The van der Waals surface area contributed by atoms with Crippen molar-refractivity contribution in [2.75, 3.05) is 12.5 Å². The van der Waals surface area contributed by atoms with Gasteiger partial charge in [-0.1, -0.05) is 24.8 Å². The fraction of sp³-hybridized carbons (Fsp3) is 0.100. The maximum atomic E-state index is 11.8. The molecule has 150 valence electrons. The molecule has 0 amide bonds. The quantitative estimate of drug-likeness (QED) is 0.277. The van der Waals surface area contributed by atoms with Gasteiger partial charge in [-0.05, 0) is 55.5 Å². The summed E-state index contributed by atoms with van der Waals surface area (Å²) in [6.45, 7) is 5.48. The summed E-state index contributed by atoms with van der Waals surface area (Å²) in [6, 6.07) is 13.2. The summed E-state index contributed by atoms with van der Waals surface area (Å²) in [4.78, 5) is 3.63. The number of rotatable bonds is 8. The maximum Gasteiger partial charge on any atom is 0.296 e. The molecule has 0 saturated carbocycles. The van der Waals surface area contributed by atoms with Crippen LogP contribution < -0.4 is 5.43 Å². The predicted octanol–water partition coefficient (Wildman–Crippen LogP) is 4.95. The second-order valence-corrected chi connectivity index (χ2v) is 7.13. The minimum Gasteiger partial charge on any atom is -0.293 e. The predicted molar refractivity (Wildman–Crippen MR) is 116 cm³/mol. The van der Waals surface area contributed by atoms with Crippen molar-refractivity contribution in [3.05, 3.63) is 73.3 Å². The first-order valence-electron chi connectivity index (χ1n) is 8.49. The Morgan fingerprint density at radius 3 is 2.38 bits per heavy atom. The van der Waals surface area contributed by atoms with Gasteiger partial charge in [0.2, 0.25) is 0 Å². The molecule has 0 radical (unpaired) electrons. The Labute approximate surface area is 169 Å². The summed E-state index contributed by atoms with van der Waals surface area (Å²) < 4.78 is 33.2. The normalized spacial score (nSPS) is 13.2. The molecule has 9 heteroatoms. The van der Waals surface area contributed by atoms with Crippen LogP contribution >= 0.6 is 0 Å². The molecule has 2 N–H and O–H groups in total. The third kappa shape index (κ3) is 6.91. The Morgan fingerprint density at radius 2 is 1.76 bits per heavy atom. The van der Waals surface area contributed by atoms with Crippen LogP contribution in [0.15, 0.2) is 98.6 Å². The van der Waals surface area contributed by atoms with E-state index in [0.717, 1.165) is 5.71 Å². The smallest absolute Gasteiger partial charge is 0.293 e. The number of anilines is 1. The zero-order valence-corrected chi connectivity index (χ0v) is 16.8. The van der Waals surface area contributed by atoms with Crippen LogP contribution in [0.25, 0.3) is 0 Å². The molecule has 8 nitrogen and oxygen atoms in total. The maximum absolute atomic E-state index is 11.8. The highest BCUT2D eigenvalue weighted by Crippen LogP contribution is 2.28. The van der Waals surface area contributed by atoms with Gasteiger partial charge in [-0.2, -0.15) is 23.7 Å². The molecule has 0 unspecified atom stereocenters. The third-order valence-corrected chi connectivity index (χ3v) is 4.54. The van der Waals surface area contributed by atoms with E-state index >= 15 is 0 Å². The van der Waals surface area contributed by atoms with Gasteiger partial charge in [-0.15, -0.1) is 0 Å². The number of hydrazone groups is 1. The Bertz CT molecular complexity index is 1090. The topological polar surface area (TPSA) is 116 Å². The summed E-state index contributed by atoms with van der Waals surface area (Å²) >= 11 is 0. The van der Waals surface area contributed by atoms with Gasteiger partial charge >= 0.3 is 0 Å². The van der Waals surface area contributed by atoms with Crippen LogP contribution in [0.5, 0.6) is 0 Å². The number of aliphatic imine (C=N–C) groups is 1. The zero-order chi connectivity index (χ0) is 21.3. The lowest BCUT2D eigenvalue weighted by Gasteiger charge is -2.07. The number of nitrogens with one attached hydrogen (secondary N) is 1. The first-order valence-corrected chi connectivity index (χ1v) is 9.93. The SMILES string of the molecule is C=CC(C=CC(C)=NC)=NNc1ccc(N=Nc2ccccc2)cc1S(=O)(=O)O. The van der Waals surface area contributed by atoms with Crippen molar-refractivity contribution in [1.29, 1.82) is 0 Å². The number of allylic oxidation sites excluding steroid dienone is 3. The average molecular weight is 411 g/mol. The molecule has 0 aromatic heterocycles. The second kappa shape index (κ2) is 10.2. The molecule has 0 bridgehead atoms. The van der Waals surface area contributed by atoms with Gasteiger partial charge in [0.25, 0.3) is 10.1 Å². The fourth-order valence-corrected chi connectivity index (χ4v) is 2.71. The van der Waals surface area contributed by atoms with E-state index in [-0.39, 0.29) is 16.3 Å². The summed E-state index contributed by atoms with van der Waals surface area (Å²) in [5.74, 6) is 0. The van der Waals surface area contributed by atoms with Crippen LogP contribution in [0.2, 0.25) is 0 Å². The van der Waals surface area contributed by atoms with Crippen molar-refractivity contribution < 1.29 is 13.0 Å².